The molecule has 0 aliphatic heterocycles. The van der Waals surface area contributed by atoms with Gasteiger partial charge in [-0.2, -0.15) is 10.1 Å². The zero-order valence-corrected chi connectivity index (χ0v) is 8.41. The lowest BCUT2D eigenvalue weighted by atomic mass is 10.1. The highest BCUT2D eigenvalue weighted by Gasteiger charge is 2.11. The van der Waals surface area contributed by atoms with Crippen LogP contribution in [0, 0.1) is 4.77 Å². The van der Waals surface area contributed by atoms with Crippen molar-refractivity contribution in [2.45, 2.75) is 0 Å². The Morgan fingerprint density at radius 3 is 2.73 bits per heavy atom. The summed E-state index contributed by atoms with van der Waals surface area (Å²) in [4.78, 5) is 3.58. The molecule has 0 fully saturated rings. The highest BCUT2D eigenvalue weighted by molar-refractivity contribution is 7.71. The lowest BCUT2D eigenvalue weighted by Crippen LogP contribution is -1.95. The molecule has 0 unspecified atom stereocenters. The van der Waals surface area contributed by atoms with Crippen molar-refractivity contribution in [1.82, 2.24) is 15.2 Å². The van der Waals surface area contributed by atoms with Gasteiger partial charge in [0.15, 0.2) is 5.69 Å². The first-order valence-electron chi connectivity index (χ1n) is 4.17. The average Bonchev–Trinajstić information content (AvgIpc) is 2.20. The second-order valence-electron chi connectivity index (χ2n) is 2.88. The van der Waals surface area contributed by atoms with Crippen LogP contribution < -0.4 is 5.73 Å². The van der Waals surface area contributed by atoms with E-state index in [-0.39, 0.29) is 10.5 Å². The Kier molecular flexibility index (Phi) is 2.34. The van der Waals surface area contributed by atoms with Gasteiger partial charge in [-0.3, -0.25) is 10.2 Å². The zero-order valence-electron chi connectivity index (χ0n) is 7.60. The Morgan fingerprint density at radius 1 is 1.33 bits per heavy atom. The Hall–Kier alpha value is -1.95. The number of anilines is 1. The summed E-state index contributed by atoms with van der Waals surface area (Å²) in [5.41, 5.74) is 6.93. The number of benzene rings is 1. The van der Waals surface area contributed by atoms with Crippen molar-refractivity contribution in [3.8, 4) is 17.1 Å². The van der Waals surface area contributed by atoms with Gasteiger partial charge in [-0.15, -0.1) is 0 Å². The van der Waals surface area contributed by atoms with Crippen LogP contribution in [0.2, 0.25) is 0 Å². The molecule has 1 aromatic heterocycles. The maximum Gasteiger partial charge on any atom is 0.300 e. The quantitative estimate of drug-likeness (QED) is 0.566. The van der Waals surface area contributed by atoms with Crippen LogP contribution in [-0.2, 0) is 5.11 Å². The van der Waals surface area contributed by atoms with Crippen molar-refractivity contribution in [3.05, 3.63) is 29.0 Å². The van der Waals surface area contributed by atoms with E-state index in [0.717, 1.165) is 0 Å². The number of nitrogens with two attached hydrogens (primary N) is 1. The minimum atomic E-state index is -0.475. The van der Waals surface area contributed by atoms with Crippen molar-refractivity contribution in [3.63, 3.8) is 0 Å². The van der Waals surface area contributed by atoms with E-state index < -0.39 is 5.88 Å². The summed E-state index contributed by atoms with van der Waals surface area (Å²) in [7, 11) is 0. The van der Waals surface area contributed by atoms with Gasteiger partial charge in [0.1, 0.15) is 0 Å². The molecule has 6 heteroatoms. The highest BCUT2D eigenvalue weighted by atomic mass is 32.1. The first-order valence-corrected chi connectivity index (χ1v) is 4.58. The standard InChI is InChI=1S/C9H7N4OS/c10-6-4-2-1-3-5(6)7-8(14)11-9(15)13-12-7/h1-4H,10H2,(H,11,13,15). The average molecular weight is 219 g/mol. The molecule has 0 bridgehead atoms. The van der Waals surface area contributed by atoms with Crippen molar-refractivity contribution < 1.29 is 5.11 Å². The lowest BCUT2D eigenvalue weighted by molar-refractivity contribution is 0.335. The molecule has 2 rings (SSSR count). The summed E-state index contributed by atoms with van der Waals surface area (Å²) < 4.78 is 0.0678. The number of nitrogen functional groups attached to an aromatic ring is 1. The van der Waals surface area contributed by atoms with Gasteiger partial charge in [0.25, 0.3) is 0 Å². The van der Waals surface area contributed by atoms with Crippen LogP contribution in [0.25, 0.3) is 11.3 Å². The number of aromatic amines is 1. The maximum absolute atomic E-state index is 11.5. The van der Waals surface area contributed by atoms with Gasteiger partial charge >= 0.3 is 5.88 Å². The summed E-state index contributed by atoms with van der Waals surface area (Å²) in [6, 6.07) is 6.95. The fourth-order valence-electron chi connectivity index (χ4n) is 1.21. The molecular formula is C9H7N4OS. The fourth-order valence-corrected chi connectivity index (χ4v) is 1.34. The van der Waals surface area contributed by atoms with Crippen LogP contribution in [0.4, 0.5) is 5.69 Å². The van der Waals surface area contributed by atoms with Gasteiger partial charge in [0, 0.05) is 11.3 Å². The van der Waals surface area contributed by atoms with Crippen molar-refractivity contribution in [1.29, 1.82) is 0 Å². The minimum Gasteiger partial charge on any atom is -0.398 e. The minimum absolute atomic E-state index is 0.0678. The van der Waals surface area contributed by atoms with E-state index in [0.29, 0.717) is 11.3 Å². The summed E-state index contributed by atoms with van der Waals surface area (Å²) >= 11 is 4.68. The summed E-state index contributed by atoms with van der Waals surface area (Å²) in [6.07, 6.45) is 0. The molecule has 75 valence electrons. The molecule has 0 amide bonds. The number of hydrogen-bond acceptors (Lipinski definition) is 4. The number of nitrogens with one attached hydrogen (secondary N) is 1. The first kappa shape index (κ1) is 9.60. The van der Waals surface area contributed by atoms with E-state index >= 15 is 0 Å². The molecule has 0 saturated heterocycles. The number of rotatable bonds is 1. The lowest BCUT2D eigenvalue weighted by Gasteiger charge is -2.03. The smallest absolute Gasteiger partial charge is 0.300 e. The van der Waals surface area contributed by atoms with Crippen LogP contribution in [0.1, 0.15) is 0 Å². The number of H-pyrrole nitrogens is 1. The SMILES string of the molecule is Nc1ccccc1-c1n[nH]c(=S)nc1[O]. The third-order valence-electron chi connectivity index (χ3n) is 1.88. The Morgan fingerprint density at radius 2 is 2.07 bits per heavy atom. The van der Waals surface area contributed by atoms with Crippen molar-refractivity contribution >= 4 is 17.9 Å². The first-order chi connectivity index (χ1) is 7.18. The number of nitrogens with zero attached hydrogens (tertiary/aromatic N) is 2. The molecule has 2 aromatic rings. The number of aromatic nitrogens is 3. The van der Waals surface area contributed by atoms with E-state index in [4.69, 9.17) is 5.73 Å². The zero-order chi connectivity index (χ0) is 10.8. The molecule has 3 N–H and O–H groups in total. The normalized spacial score (nSPS) is 10.1. The topological polar surface area (TPSA) is 87.5 Å². The van der Waals surface area contributed by atoms with E-state index in [9.17, 15) is 5.11 Å². The Bertz CT molecular complexity index is 552. The van der Waals surface area contributed by atoms with Crippen LogP contribution in [-0.4, -0.2) is 15.2 Å². The molecule has 0 atom stereocenters. The van der Waals surface area contributed by atoms with Crippen LogP contribution in [0.3, 0.4) is 0 Å². The van der Waals surface area contributed by atoms with Gasteiger partial charge in [0.2, 0.25) is 4.77 Å². The van der Waals surface area contributed by atoms with Crippen LogP contribution in [0.15, 0.2) is 24.3 Å². The van der Waals surface area contributed by atoms with Gasteiger partial charge in [-0.25, -0.2) is 0 Å². The molecule has 1 radical (unpaired) electrons. The van der Waals surface area contributed by atoms with E-state index in [2.05, 4.69) is 27.4 Å². The van der Waals surface area contributed by atoms with E-state index in [1.165, 1.54) is 0 Å². The molecule has 0 aliphatic rings. The molecule has 1 heterocycles. The fraction of sp³-hybridized carbons (Fsp3) is 0. The highest BCUT2D eigenvalue weighted by Crippen LogP contribution is 2.28. The third kappa shape index (κ3) is 1.79. The van der Waals surface area contributed by atoms with Crippen LogP contribution >= 0.6 is 12.2 Å². The van der Waals surface area contributed by atoms with E-state index in [1.54, 1.807) is 24.3 Å². The number of para-hydroxylation sites is 1. The summed E-state index contributed by atoms with van der Waals surface area (Å²) in [5.74, 6) is -0.475. The molecular weight excluding hydrogens is 212 g/mol. The van der Waals surface area contributed by atoms with Gasteiger partial charge < -0.3 is 5.73 Å². The second-order valence-corrected chi connectivity index (χ2v) is 3.27. The number of hydrogen-bond donors (Lipinski definition) is 2. The van der Waals surface area contributed by atoms with Gasteiger partial charge in [0.05, 0.1) is 0 Å². The molecule has 1 aromatic carbocycles. The third-order valence-corrected chi connectivity index (χ3v) is 2.07. The van der Waals surface area contributed by atoms with Gasteiger partial charge in [-0.1, -0.05) is 18.2 Å². The Balaban J connectivity index is 2.65. The van der Waals surface area contributed by atoms with Crippen molar-refractivity contribution in [2.75, 3.05) is 5.73 Å². The summed E-state index contributed by atoms with van der Waals surface area (Å²) in [6.45, 7) is 0. The van der Waals surface area contributed by atoms with Crippen molar-refractivity contribution in [2.24, 2.45) is 0 Å². The molecule has 0 saturated carbocycles. The predicted molar refractivity (Wildman–Crippen MR) is 57.2 cm³/mol. The Labute approximate surface area is 90.6 Å². The maximum atomic E-state index is 11.5. The monoisotopic (exact) mass is 219 g/mol. The molecule has 0 aliphatic carbocycles. The molecule has 5 nitrogen and oxygen atoms in total. The van der Waals surface area contributed by atoms with Gasteiger partial charge in [-0.05, 0) is 18.3 Å². The van der Waals surface area contributed by atoms with E-state index in [1.807, 2.05) is 0 Å². The van der Waals surface area contributed by atoms with Crippen LogP contribution in [0.5, 0.6) is 5.88 Å². The predicted octanol–water partition coefficient (Wildman–Crippen LogP) is 1.93. The largest absolute Gasteiger partial charge is 0.398 e. The summed E-state index contributed by atoms with van der Waals surface area (Å²) in [5, 5.41) is 17.8. The molecule has 15 heavy (non-hydrogen) atoms. The molecule has 0 spiro atoms. The second kappa shape index (κ2) is 3.66.